The van der Waals surface area contributed by atoms with Gasteiger partial charge in [0.2, 0.25) is 11.8 Å². The first-order valence-electron chi connectivity index (χ1n) is 10.0. The number of amides is 2. The lowest BCUT2D eigenvalue weighted by Gasteiger charge is -2.42. The van der Waals surface area contributed by atoms with Crippen molar-refractivity contribution in [2.24, 2.45) is 17.8 Å². The predicted molar refractivity (Wildman–Crippen MR) is 122 cm³/mol. The molecule has 2 aliphatic heterocycles. The first-order valence-corrected chi connectivity index (χ1v) is 11.7. The molecular weight excluding hydrogens is 499 g/mol. The van der Waals surface area contributed by atoms with E-state index in [1.807, 2.05) is 24.3 Å². The average molecular weight is 521 g/mol. The molecule has 0 unspecified atom stereocenters. The highest BCUT2D eigenvalue weighted by atomic mass is 127. The molecule has 6 atom stereocenters. The highest BCUT2D eigenvalue weighted by Crippen LogP contribution is 2.56. The number of anilines is 1. The maximum atomic E-state index is 13.1. The standard InChI is InChI=1S/C23H22ClIN2O2/c1-12-2-8-15(9-3-12)27-20(13-4-6-14(24)7-5-13)19-18-16(22(28)26-23(19)29)10-11-17(25)21(18)27/h2-9,16-21H,10-11H2,1H3,(H,26,28,29)/t16-,17+,18+,19-,20-,21+/m1/s1. The number of alkyl halides is 1. The fourth-order valence-corrected chi connectivity index (χ4v) is 6.88. The Morgan fingerprint density at radius 3 is 2.38 bits per heavy atom. The summed E-state index contributed by atoms with van der Waals surface area (Å²) in [7, 11) is 0. The summed E-state index contributed by atoms with van der Waals surface area (Å²) in [6, 6.07) is 16.4. The lowest BCUT2D eigenvalue weighted by molar-refractivity contribution is -0.144. The van der Waals surface area contributed by atoms with Crippen LogP contribution in [0.25, 0.3) is 0 Å². The van der Waals surface area contributed by atoms with E-state index in [1.165, 1.54) is 5.56 Å². The Labute approximate surface area is 189 Å². The largest absolute Gasteiger partial charge is 0.359 e. The Bertz CT molecular complexity index is 962. The molecule has 0 aromatic heterocycles. The second kappa shape index (κ2) is 7.27. The number of carbonyl (C=O) groups is 2. The summed E-state index contributed by atoms with van der Waals surface area (Å²) in [6.07, 6.45) is 1.83. The summed E-state index contributed by atoms with van der Waals surface area (Å²) in [5, 5.41) is 3.36. The van der Waals surface area contributed by atoms with E-state index in [-0.39, 0.29) is 41.7 Å². The first kappa shape index (κ1) is 19.4. The SMILES string of the molecule is Cc1ccc(N2[C@@H]3[C@@H]4[C@@H](C(=O)NC(=O)[C@@H]4CC[C@@H]3I)[C@H]2c2ccc(Cl)cc2)cc1. The van der Waals surface area contributed by atoms with E-state index in [4.69, 9.17) is 11.6 Å². The van der Waals surface area contributed by atoms with Gasteiger partial charge in [-0.25, -0.2) is 0 Å². The molecule has 0 bridgehead atoms. The fourth-order valence-electron chi connectivity index (χ4n) is 5.57. The topological polar surface area (TPSA) is 49.4 Å². The number of piperidine rings is 1. The van der Waals surface area contributed by atoms with E-state index >= 15 is 0 Å². The van der Waals surface area contributed by atoms with Gasteiger partial charge in [-0.1, -0.05) is 64.0 Å². The summed E-state index contributed by atoms with van der Waals surface area (Å²) in [6.45, 7) is 2.08. The summed E-state index contributed by atoms with van der Waals surface area (Å²) >= 11 is 8.67. The van der Waals surface area contributed by atoms with Crippen molar-refractivity contribution < 1.29 is 9.59 Å². The van der Waals surface area contributed by atoms with Crippen LogP contribution >= 0.6 is 34.2 Å². The van der Waals surface area contributed by atoms with Crippen molar-refractivity contribution in [1.82, 2.24) is 5.32 Å². The monoisotopic (exact) mass is 520 g/mol. The summed E-state index contributed by atoms with van der Waals surface area (Å²) in [4.78, 5) is 28.2. The third-order valence-electron chi connectivity index (χ3n) is 6.79. The number of nitrogens with one attached hydrogen (secondary N) is 1. The van der Waals surface area contributed by atoms with Gasteiger partial charge in [0.1, 0.15) is 0 Å². The lowest BCUT2D eigenvalue weighted by Crippen LogP contribution is -2.56. The van der Waals surface area contributed by atoms with Crippen molar-refractivity contribution in [3.8, 4) is 0 Å². The van der Waals surface area contributed by atoms with Crippen LogP contribution in [0.3, 0.4) is 0 Å². The quantitative estimate of drug-likeness (QED) is 0.355. The Balaban J connectivity index is 1.70. The van der Waals surface area contributed by atoms with Gasteiger partial charge in [-0.05, 0) is 49.6 Å². The van der Waals surface area contributed by atoms with E-state index in [2.05, 4.69) is 64.0 Å². The summed E-state index contributed by atoms with van der Waals surface area (Å²) < 4.78 is 0.383. The minimum absolute atomic E-state index is 0.0360. The van der Waals surface area contributed by atoms with Gasteiger partial charge in [0, 0.05) is 32.5 Å². The zero-order valence-electron chi connectivity index (χ0n) is 16.0. The van der Waals surface area contributed by atoms with Crippen LogP contribution in [0.2, 0.25) is 5.02 Å². The van der Waals surface area contributed by atoms with Gasteiger partial charge in [-0.3, -0.25) is 14.9 Å². The van der Waals surface area contributed by atoms with Crippen LogP contribution < -0.4 is 10.2 Å². The number of benzene rings is 2. The molecule has 2 aromatic rings. The lowest BCUT2D eigenvalue weighted by atomic mass is 9.68. The predicted octanol–water partition coefficient (Wildman–Crippen LogP) is 4.68. The number of carbonyl (C=O) groups excluding carboxylic acids is 2. The third-order valence-corrected chi connectivity index (χ3v) is 8.40. The van der Waals surface area contributed by atoms with Gasteiger partial charge in [0.25, 0.3) is 0 Å². The second-order valence-electron chi connectivity index (χ2n) is 8.39. The van der Waals surface area contributed by atoms with Crippen LogP contribution in [0.1, 0.15) is 30.0 Å². The molecule has 0 spiro atoms. The second-order valence-corrected chi connectivity index (χ2v) is 10.4. The van der Waals surface area contributed by atoms with Gasteiger partial charge in [0.15, 0.2) is 0 Å². The van der Waals surface area contributed by atoms with Crippen LogP contribution in [0.15, 0.2) is 48.5 Å². The Hall–Kier alpha value is -1.60. The van der Waals surface area contributed by atoms with Gasteiger partial charge in [-0.15, -0.1) is 0 Å². The van der Waals surface area contributed by atoms with E-state index in [0.29, 0.717) is 8.95 Å². The van der Waals surface area contributed by atoms with Gasteiger partial charge < -0.3 is 4.90 Å². The molecule has 29 heavy (non-hydrogen) atoms. The third kappa shape index (κ3) is 3.08. The van der Waals surface area contributed by atoms with Gasteiger partial charge in [0.05, 0.1) is 12.0 Å². The number of hydrogen-bond acceptors (Lipinski definition) is 3. The molecule has 150 valence electrons. The number of nitrogens with zero attached hydrogens (tertiary/aromatic N) is 1. The fraction of sp³-hybridized carbons (Fsp3) is 0.391. The molecule has 3 fully saturated rings. The van der Waals surface area contributed by atoms with E-state index in [9.17, 15) is 9.59 Å². The van der Waals surface area contributed by atoms with Crippen LogP contribution in [0.5, 0.6) is 0 Å². The maximum absolute atomic E-state index is 13.1. The Morgan fingerprint density at radius 2 is 1.69 bits per heavy atom. The molecule has 6 heteroatoms. The molecule has 0 radical (unpaired) electrons. The smallest absolute Gasteiger partial charge is 0.232 e. The molecule has 2 saturated heterocycles. The molecule has 5 rings (SSSR count). The highest BCUT2D eigenvalue weighted by Gasteiger charge is 2.62. The number of halogens is 2. The number of rotatable bonds is 2. The van der Waals surface area contributed by atoms with Crippen LogP contribution in [-0.4, -0.2) is 21.8 Å². The Morgan fingerprint density at radius 1 is 1.00 bits per heavy atom. The van der Waals surface area contributed by atoms with E-state index in [0.717, 1.165) is 24.1 Å². The summed E-state index contributed by atoms with van der Waals surface area (Å²) in [5.41, 5.74) is 3.38. The van der Waals surface area contributed by atoms with Crippen LogP contribution in [-0.2, 0) is 9.59 Å². The van der Waals surface area contributed by atoms with E-state index in [1.54, 1.807) is 0 Å². The van der Waals surface area contributed by atoms with Crippen LogP contribution in [0, 0.1) is 24.7 Å². The first-order chi connectivity index (χ1) is 14.0. The van der Waals surface area contributed by atoms with Crippen molar-refractivity contribution in [1.29, 1.82) is 0 Å². The van der Waals surface area contributed by atoms with Crippen molar-refractivity contribution in [2.45, 2.75) is 35.8 Å². The number of aryl methyl sites for hydroxylation is 1. The average Bonchev–Trinajstić information content (AvgIpc) is 3.06. The highest BCUT2D eigenvalue weighted by molar-refractivity contribution is 14.1. The minimum Gasteiger partial charge on any atom is -0.359 e. The van der Waals surface area contributed by atoms with Crippen molar-refractivity contribution in [2.75, 3.05) is 4.90 Å². The molecule has 2 heterocycles. The Kier molecular flexibility index (Phi) is 4.86. The van der Waals surface area contributed by atoms with E-state index < -0.39 is 0 Å². The molecule has 1 aliphatic carbocycles. The summed E-state index contributed by atoms with van der Waals surface area (Å²) in [5.74, 6) is -0.540. The minimum atomic E-state index is -0.247. The van der Waals surface area contributed by atoms with Crippen molar-refractivity contribution in [3.05, 3.63) is 64.7 Å². The molecule has 2 amide bonds. The van der Waals surface area contributed by atoms with Crippen molar-refractivity contribution >= 4 is 51.7 Å². The normalized spacial score (nSPS) is 33.4. The maximum Gasteiger partial charge on any atom is 0.232 e. The molecular formula is C23H22ClIN2O2. The molecule has 1 saturated carbocycles. The van der Waals surface area contributed by atoms with Gasteiger partial charge in [-0.2, -0.15) is 0 Å². The number of hydrogen-bond donors (Lipinski definition) is 1. The zero-order chi connectivity index (χ0) is 20.3. The van der Waals surface area contributed by atoms with Gasteiger partial charge >= 0.3 is 0 Å². The number of imide groups is 1. The molecule has 4 nitrogen and oxygen atoms in total. The molecule has 3 aliphatic rings. The zero-order valence-corrected chi connectivity index (χ0v) is 18.9. The van der Waals surface area contributed by atoms with Crippen LogP contribution in [0.4, 0.5) is 5.69 Å². The molecule has 1 N–H and O–H groups in total. The molecule has 2 aromatic carbocycles. The van der Waals surface area contributed by atoms with Crippen molar-refractivity contribution in [3.63, 3.8) is 0 Å².